The summed E-state index contributed by atoms with van der Waals surface area (Å²) in [4.78, 5) is 2.23. The van der Waals surface area contributed by atoms with Gasteiger partial charge in [0, 0.05) is 22.0 Å². The summed E-state index contributed by atoms with van der Waals surface area (Å²) in [6.07, 6.45) is 3.66. The van der Waals surface area contributed by atoms with E-state index in [0.717, 1.165) is 46.0 Å². The molecule has 2 rings (SSSR count). The topological polar surface area (TPSA) is 49.5 Å². The van der Waals surface area contributed by atoms with Crippen LogP contribution in [0.25, 0.3) is 0 Å². The van der Waals surface area contributed by atoms with Crippen molar-refractivity contribution in [2.45, 2.75) is 37.8 Å². The number of halogens is 3. The van der Waals surface area contributed by atoms with Crippen LogP contribution in [-0.4, -0.2) is 24.3 Å². The fourth-order valence-corrected chi connectivity index (χ4v) is 3.71. The number of nitrogens with zero attached hydrogens (tertiary/aromatic N) is 1. The zero-order valence-corrected chi connectivity index (χ0v) is 14.8. The Labute approximate surface area is 137 Å². The van der Waals surface area contributed by atoms with Gasteiger partial charge in [-0.05, 0) is 53.7 Å². The Morgan fingerprint density at radius 2 is 1.79 bits per heavy atom. The summed E-state index contributed by atoms with van der Waals surface area (Å²) in [5.74, 6) is 0. The molecule has 0 bridgehead atoms. The van der Waals surface area contributed by atoms with Gasteiger partial charge in [-0.25, -0.2) is 0 Å². The van der Waals surface area contributed by atoms with Gasteiger partial charge >= 0.3 is 0 Å². The molecule has 0 saturated heterocycles. The summed E-state index contributed by atoms with van der Waals surface area (Å²) in [5.41, 5.74) is 7.94. The summed E-state index contributed by atoms with van der Waals surface area (Å²) < 4.78 is 1.93. The lowest BCUT2D eigenvalue weighted by Gasteiger charge is -2.35. The van der Waals surface area contributed by atoms with Gasteiger partial charge in [0.2, 0.25) is 0 Å². The third-order valence-corrected chi connectivity index (χ3v) is 4.78. The van der Waals surface area contributed by atoms with Crippen LogP contribution in [0.1, 0.15) is 25.7 Å². The maximum Gasteiger partial charge on any atom is 0.0697 e. The molecule has 1 fully saturated rings. The summed E-state index contributed by atoms with van der Waals surface area (Å²) >= 11 is 6.97. The molecule has 0 radical (unpaired) electrons. The highest BCUT2D eigenvalue weighted by atomic mass is 79.9. The van der Waals surface area contributed by atoms with Gasteiger partial charge in [0.05, 0.1) is 17.5 Å². The summed E-state index contributed by atoms with van der Waals surface area (Å²) in [5, 5.41) is 9.56. The molecule has 1 aliphatic rings. The zero-order valence-electron chi connectivity index (χ0n) is 10.8. The Balaban J connectivity index is 0.00000180. The minimum absolute atomic E-state index is 0. The number of rotatable bonds is 2. The quantitative estimate of drug-likeness (QED) is 0.721. The summed E-state index contributed by atoms with van der Waals surface area (Å²) in [7, 11) is 2.08. The number of nitrogens with two attached hydrogens (primary N) is 1. The molecule has 3 nitrogen and oxygen atoms in total. The van der Waals surface area contributed by atoms with E-state index in [4.69, 9.17) is 5.73 Å². The van der Waals surface area contributed by atoms with E-state index < -0.39 is 0 Å². The Morgan fingerprint density at radius 3 is 2.37 bits per heavy atom. The van der Waals surface area contributed by atoms with Crippen molar-refractivity contribution in [3.63, 3.8) is 0 Å². The minimum Gasteiger partial charge on any atom is -0.396 e. The highest BCUT2D eigenvalue weighted by Crippen LogP contribution is 2.36. The van der Waals surface area contributed by atoms with Crippen LogP contribution in [-0.2, 0) is 0 Å². The largest absolute Gasteiger partial charge is 0.396 e. The number of anilines is 2. The van der Waals surface area contributed by atoms with Crippen molar-refractivity contribution in [1.82, 2.24) is 0 Å². The molecule has 6 heteroatoms. The molecule has 0 aliphatic heterocycles. The molecular formula is C13H19Br2ClN2O. The first-order valence-corrected chi connectivity index (χ1v) is 7.73. The smallest absolute Gasteiger partial charge is 0.0697 e. The molecule has 108 valence electrons. The second kappa shape index (κ2) is 7.16. The summed E-state index contributed by atoms with van der Waals surface area (Å²) in [6, 6.07) is 4.46. The number of nitrogen functional groups attached to an aromatic ring is 1. The number of benzene rings is 1. The van der Waals surface area contributed by atoms with Crippen molar-refractivity contribution in [2.24, 2.45) is 0 Å². The molecule has 0 spiro atoms. The van der Waals surface area contributed by atoms with Crippen molar-refractivity contribution in [3.05, 3.63) is 21.1 Å². The first-order valence-electron chi connectivity index (χ1n) is 6.14. The predicted molar refractivity (Wildman–Crippen MR) is 90.2 cm³/mol. The van der Waals surface area contributed by atoms with Crippen molar-refractivity contribution < 1.29 is 5.11 Å². The summed E-state index contributed by atoms with van der Waals surface area (Å²) in [6.45, 7) is 0. The van der Waals surface area contributed by atoms with Crippen molar-refractivity contribution in [3.8, 4) is 0 Å². The number of aliphatic hydroxyl groups excluding tert-OH is 1. The van der Waals surface area contributed by atoms with Crippen molar-refractivity contribution >= 4 is 55.6 Å². The zero-order chi connectivity index (χ0) is 13.3. The minimum atomic E-state index is -0.124. The van der Waals surface area contributed by atoms with Gasteiger partial charge < -0.3 is 15.7 Å². The molecule has 1 aromatic carbocycles. The Morgan fingerprint density at radius 1 is 1.21 bits per heavy atom. The fraction of sp³-hybridized carbons (Fsp3) is 0.538. The normalized spacial score (nSPS) is 22.7. The van der Waals surface area contributed by atoms with Crippen molar-refractivity contribution in [2.75, 3.05) is 17.7 Å². The fourth-order valence-electron chi connectivity index (χ4n) is 2.51. The van der Waals surface area contributed by atoms with Gasteiger partial charge in [-0.3, -0.25) is 0 Å². The second-order valence-electron chi connectivity index (χ2n) is 4.89. The van der Waals surface area contributed by atoms with E-state index in [0.29, 0.717) is 6.04 Å². The van der Waals surface area contributed by atoms with Crippen LogP contribution in [0.4, 0.5) is 11.4 Å². The average molecular weight is 415 g/mol. The molecule has 0 amide bonds. The molecule has 0 heterocycles. The van der Waals surface area contributed by atoms with E-state index in [9.17, 15) is 5.11 Å². The monoisotopic (exact) mass is 412 g/mol. The molecule has 1 aliphatic carbocycles. The van der Waals surface area contributed by atoms with Gasteiger partial charge in [-0.2, -0.15) is 0 Å². The van der Waals surface area contributed by atoms with E-state index in [1.54, 1.807) is 0 Å². The van der Waals surface area contributed by atoms with Crippen LogP contribution in [0.3, 0.4) is 0 Å². The van der Waals surface area contributed by atoms with E-state index in [2.05, 4.69) is 43.8 Å². The third-order valence-electron chi connectivity index (χ3n) is 3.67. The molecule has 1 aromatic rings. The second-order valence-corrected chi connectivity index (χ2v) is 6.66. The lowest BCUT2D eigenvalue weighted by atomic mass is 9.92. The maximum absolute atomic E-state index is 9.56. The van der Waals surface area contributed by atoms with Crippen LogP contribution < -0.4 is 10.6 Å². The van der Waals surface area contributed by atoms with E-state index in [-0.39, 0.29) is 18.5 Å². The van der Waals surface area contributed by atoms with Gasteiger partial charge in [0.1, 0.15) is 0 Å². The number of aliphatic hydroxyl groups is 1. The molecule has 0 atom stereocenters. The molecule has 3 N–H and O–H groups in total. The predicted octanol–water partition coefficient (Wildman–Crippen LogP) is 3.96. The van der Waals surface area contributed by atoms with Gasteiger partial charge in [0.25, 0.3) is 0 Å². The van der Waals surface area contributed by atoms with Gasteiger partial charge in [0.15, 0.2) is 0 Å². The van der Waals surface area contributed by atoms with E-state index in [1.807, 2.05) is 12.1 Å². The lowest BCUT2D eigenvalue weighted by Crippen LogP contribution is -2.36. The van der Waals surface area contributed by atoms with Crippen molar-refractivity contribution in [1.29, 1.82) is 0 Å². The first kappa shape index (κ1) is 17.1. The highest BCUT2D eigenvalue weighted by Gasteiger charge is 2.24. The average Bonchev–Trinajstić information content (AvgIpc) is 2.34. The highest BCUT2D eigenvalue weighted by molar-refractivity contribution is 9.11. The first-order chi connectivity index (χ1) is 8.49. The van der Waals surface area contributed by atoms with Crippen LogP contribution in [0, 0.1) is 0 Å². The molecule has 0 unspecified atom stereocenters. The Kier molecular flexibility index (Phi) is 6.43. The van der Waals surface area contributed by atoms with E-state index in [1.165, 1.54) is 0 Å². The van der Waals surface area contributed by atoms with Crippen LogP contribution in [0.5, 0.6) is 0 Å². The Hall–Kier alpha value is 0.0300. The standard InChI is InChI=1S/C13H18Br2N2O.ClH/c1-17(9-2-4-10(18)5-3-9)12-7-8(14)6-11(15)13(12)16;/h6-7,9-10,18H,2-5,16H2,1H3;1H. The SMILES string of the molecule is CN(c1cc(Br)cc(Br)c1N)C1CCC(O)CC1.Cl. The van der Waals surface area contributed by atoms with Crippen LogP contribution in [0.2, 0.25) is 0 Å². The number of hydrogen-bond acceptors (Lipinski definition) is 3. The number of hydrogen-bond donors (Lipinski definition) is 2. The van der Waals surface area contributed by atoms with Crippen LogP contribution in [0.15, 0.2) is 21.1 Å². The Bertz CT molecular complexity index is 437. The lowest BCUT2D eigenvalue weighted by molar-refractivity contribution is 0.122. The van der Waals surface area contributed by atoms with Crippen LogP contribution >= 0.6 is 44.3 Å². The third kappa shape index (κ3) is 4.00. The maximum atomic E-state index is 9.56. The molecule has 19 heavy (non-hydrogen) atoms. The molecule has 0 aromatic heterocycles. The molecular weight excluding hydrogens is 395 g/mol. The van der Waals surface area contributed by atoms with Gasteiger partial charge in [-0.1, -0.05) is 15.9 Å². The molecule has 1 saturated carbocycles. The van der Waals surface area contributed by atoms with Gasteiger partial charge in [-0.15, -0.1) is 12.4 Å². The van der Waals surface area contributed by atoms with E-state index >= 15 is 0 Å².